The van der Waals surface area contributed by atoms with E-state index in [9.17, 15) is 4.79 Å². The molecule has 1 aliphatic heterocycles. The van der Waals surface area contributed by atoms with Crippen molar-refractivity contribution in [2.24, 2.45) is 0 Å². The molecular weight excluding hydrogens is 308 g/mol. The monoisotopic (exact) mass is 336 g/mol. The summed E-state index contributed by atoms with van der Waals surface area (Å²) in [4.78, 5) is 30.9. The number of carbonyl (C=O) groups excluding carboxylic acids is 1. The van der Waals surface area contributed by atoms with Gasteiger partial charge in [0.15, 0.2) is 5.82 Å². The van der Waals surface area contributed by atoms with Crippen LogP contribution in [0.5, 0.6) is 0 Å². The smallest absolute Gasteiger partial charge is 0.234 e. The minimum atomic E-state index is 0.0561. The van der Waals surface area contributed by atoms with E-state index in [0.29, 0.717) is 24.9 Å². The Morgan fingerprint density at radius 3 is 2.50 bits per heavy atom. The van der Waals surface area contributed by atoms with Gasteiger partial charge in [-0.1, -0.05) is 0 Å². The minimum Gasteiger partial charge on any atom is -0.368 e. The number of aromatic nitrogens is 3. The summed E-state index contributed by atoms with van der Waals surface area (Å²) in [6, 6.07) is 0.0561. The highest BCUT2D eigenvalue weighted by Crippen LogP contribution is 2.20. The van der Waals surface area contributed by atoms with Gasteiger partial charge in [-0.2, -0.15) is 15.0 Å². The Hall–Kier alpha value is -2.00. The summed E-state index contributed by atoms with van der Waals surface area (Å²) < 4.78 is 0. The van der Waals surface area contributed by atoms with Crippen molar-refractivity contribution in [1.29, 1.82) is 0 Å². The average Bonchev–Trinajstić information content (AvgIpc) is 2.54. The van der Waals surface area contributed by atoms with Crippen LogP contribution in [0.25, 0.3) is 0 Å². The lowest BCUT2D eigenvalue weighted by atomic mass is 10.2. The number of carbonyl (C=O) groups is 1. The lowest BCUT2D eigenvalue weighted by Gasteiger charge is -2.37. The molecule has 1 aromatic heterocycles. The largest absolute Gasteiger partial charge is 0.368 e. The van der Waals surface area contributed by atoms with Crippen molar-refractivity contribution in [3.05, 3.63) is 5.82 Å². The van der Waals surface area contributed by atoms with Crippen molar-refractivity contribution in [2.75, 3.05) is 64.0 Å². The second kappa shape index (κ2) is 8.20. The van der Waals surface area contributed by atoms with Gasteiger partial charge in [-0.15, -0.1) is 0 Å². The van der Waals surface area contributed by atoms with E-state index in [1.54, 1.807) is 0 Å². The number of nitrogens with two attached hydrogens (primary N) is 1. The third kappa shape index (κ3) is 4.75. The fourth-order valence-electron chi connectivity index (χ4n) is 2.71. The molecule has 0 saturated carbocycles. The number of amides is 1. The summed E-state index contributed by atoms with van der Waals surface area (Å²) in [6.45, 7) is 8.57. The van der Waals surface area contributed by atoms with Gasteiger partial charge in [0.1, 0.15) is 0 Å². The summed E-state index contributed by atoms with van der Waals surface area (Å²) in [6.07, 6.45) is 0. The first-order chi connectivity index (χ1) is 11.4. The van der Waals surface area contributed by atoms with Gasteiger partial charge in [0, 0.05) is 46.8 Å². The third-order valence-corrected chi connectivity index (χ3v) is 4.13. The molecule has 1 amide bonds. The van der Waals surface area contributed by atoms with Crippen LogP contribution in [-0.4, -0.2) is 84.0 Å². The van der Waals surface area contributed by atoms with E-state index in [2.05, 4.69) is 37.0 Å². The van der Waals surface area contributed by atoms with Crippen LogP contribution in [0.3, 0.4) is 0 Å². The highest BCUT2D eigenvalue weighted by Gasteiger charge is 2.25. The molecule has 2 heterocycles. The van der Waals surface area contributed by atoms with Gasteiger partial charge in [-0.3, -0.25) is 14.6 Å². The first kappa shape index (κ1) is 18.3. The van der Waals surface area contributed by atoms with Crippen LogP contribution in [-0.2, 0) is 4.79 Å². The van der Waals surface area contributed by atoms with Crippen LogP contribution in [0.4, 0.5) is 11.9 Å². The number of nitrogen functional groups attached to an aromatic ring is 1. The number of nitrogens with zero attached hydrogens (tertiary/aromatic N) is 6. The molecule has 0 aromatic carbocycles. The number of anilines is 2. The zero-order chi connectivity index (χ0) is 17.7. The van der Waals surface area contributed by atoms with Crippen molar-refractivity contribution >= 4 is 17.8 Å². The van der Waals surface area contributed by atoms with E-state index in [4.69, 9.17) is 5.73 Å². The third-order valence-electron chi connectivity index (χ3n) is 4.13. The Balaban J connectivity index is 1.95. The molecule has 1 atom stereocenters. The Bertz CT molecular complexity index is 556. The molecule has 2 rings (SSSR count). The van der Waals surface area contributed by atoms with Crippen molar-refractivity contribution in [1.82, 2.24) is 30.1 Å². The van der Waals surface area contributed by atoms with Crippen LogP contribution in [0.2, 0.25) is 0 Å². The predicted molar refractivity (Wildman–Crippen MR) is 93.7 cm³/mol. The molecule has 0 bridgehead atoms. The van der Waals surface area contributed by atoms with Gasteiger partial charge in [-0.25, -0.2) is 0 Å². The number of nitrogens with one attached hydrogen (secondary N) is 1. The quantitative estimate of drug-likeness (QED) is 0.705. The fraction of sp³-hybridized carbons (Fsp3) is 0.733. The molecule has 0 spiro atoms. The van der Waals surface area contributed by atoms with Gasteiger partial charge in [0.2, 0.25) is 17.8 Å². The Morgan fingerprint density at radius 1 is 1.25 bits per heavy atom. The van der Waals surface area contributed by atoms with Crippen molar-refractivity contribution < 1.29 is 4.79 Å². The van der Waals surface area contributed by atoms with E-state index < -0.39 is 0 Å². The lowest BCUT2D eigenvalue weighted by Crippen LogP contribution is -2.50. The first-order valence-electron chi connectivity index (χ1n) is 8.32. The van der Waals surface area contributed by atoms with E-state index in [-0.39, 0.29) is 17.9 Å². The van der Waals surface area contributed by atoms with Crippen molar-refractivity contribution in [3.8, 4) is 0 Å². The highest BCUT2D eigenvalue weighted by atomic mass is 16.2. The summed E-state index contributed by atoms with van der Waals surface area (Å²) in [7, 11) is 3.76. The van der Waals surface area contributed by atoms with Crippen LogP contribution in [0, 0.1) is 0 Å². The minimum absolute atomic E-state index is 0.0561. The maximum Gasteiger partial charge on any atom is 0.234 e. The normalized spacial score (nSPS) is 17.5. The lowest BCUT2D eigenvalue weighted by molar-refractivity contribution is -0.122. The summed E-state index contributed by atoms with van der Waals surface area (Å²) in [5.41, 5.74) is 5.81. The Kier molecular flexibility index (Phi) is 6.27. The molecule has 9 heteroatoms. The second-order valence-corrected chi connectivity index (χ2v) is 6.19. The molecular formula is C15H28N8O. The van der Waals surface area contributed by atoms with Crippen LogP contribution in [0.15, 0.2) is 0 Å². The van der Waals surface area contributed by atoms with E-state index in [1.807, 2.05) is 25.9 Å². The number of piperazine rings is 1. The molecule has 134 valence electrons. The van der Waals surface area contributed by atoms with Gasteiger partial charge >= 0.3 is 0 Å². The standard InChI is InChI=1S/C15H28N8O/c1-5-17-12(24)10-22-6-8-23(9-7-22)11(2)13-18-14(16)20-15(19-13)21(3)4/h11H,5-10H2,1-4H3,(H,17,24)(H2,16,18,19,20)/t11-/m0/s1. The van der Waals surface area contributed by atoms with Crippen LogP contribution >= 0.6 is 0 Å². The fourth-order valence-corrected chi connectivity index (χ4v) is 2.71. The average molecular weight is 336 g/mol. The van der Waals surface area contributed by atoms with Gasteiger partial charge < -0.3 is 16.0 Å². The Labute approximate surface area is 143 Å². The summed E-state index contributed by atoms with van der Waals surface area (Å²) in [5.74, 6) is 1.58. The molecule has 0 aliphatic carbocycles. The maximum atomic E-state index is 11.7. The molecule has 1 aromatic rings. The zero-order valence-corrected chi connectivity index (χ0v) is 15.0. The number of rotatable bonds is 6. The summed E-state index contributed by atoms with van der Waals surface area (Å²) >= 11 is 0. The first-order valence-corrected chi connectivity index (χ1v) is 8.32. The second-order valence-electron chi connectivity index (χ2n) is 6.19. The van der Waals surface area contributed by atoms with Gasteiger partial charge in [0.25, 0.3) is 0 Å². The van der Waals surface area contributed by atoms with E-state index in [0.717, 1.165) is 26.2 Å². The van der Waals surface area contributed by atoms with Gasteiger partial charge in [0.05, 0.1) is 12.6 Å². The number of hydrogen-bond acceptors (Lipinski definition) is 8. The predicted octanol–water partition coefficient (Wildman–Crippen LogP) is -0.665. The maximum absolute atomic E-state index is 11.7. The SMILES string of the molecule is CCNC(=O)CN1CCN([C@@H](C)c2nc(N)nc(N(C)C)n2)CC1. The molecule has 24 heavy (non-hydrogen) atoms. The molecule has 3 N–H and O–H groups in total. The molecule has 1 fully saturated rings. The number of likely N-dealkylation sites (N-methyl/N-ethyl adjacent to an activating group) is 1. The molecule has 1 saturated heterocycles. The van der Waals surface area contributed by atoms with E-state index in [1.165, 1.54) is 0 Å². The Morgan fingerprint density at radius 2 is 1.92 bits per heavy atom. The van der Waals surface area contributed by atoms with Crippen LogP contribution in [0.1, 0.15) is 25.7 Å². The van der Waals surface area contributed by atoms with Crippen LogP contribution < -0.4 is 16.0 Å². The summed E-state index contributed by atoms with van der Waals surface area (Å²) in [5, 5.41) is 2.84. The molecule has 1 aliphatic rings. The number of hydrogen-bond donors (Lipinski definition) is 2. The zero-order valence-electron chi connectivity index (χ0n) is 15.0. The molecule has 0 radical (unpaired) electrons. The highest BCUT2D eigenvalue weighted by molar-refractivity contribution is 5.77. The van der Waals surface area contributed by atoms with E-state index >= 15 is 0 Å². The van der Waals surface area contributed by atoms with Crippen molar-refractivity contribution in [3.63, 3.8) is 0 Å². The molecule has 9 nitrogen and oxygen atoms in total. The van der Waals surface area contributed by atoms with Crippen molar-refractivity contribution in [2.45, 2.75) is 19.9 Å². The molecule has 0 unspecified atom stereocenters. The topological polar surface area (TPSA) is 104 Å². The van der Waals surface area contributed by atoms with Gasteiger partial charge in [-0.05, 0) is 13.8 Å².